The molecule has 1 saturated heterocycles. The lowest BCUT2D eigenvalue weighted by Gasteiger charge is -2.38. The Balaban J connectivity index is 1.63. The van der Waals surface area contributed by atoms with Crippen LogP contribution < -0.4 is 10.2 Å². The molecule has 0 aliphatic carbocycles. The minimum Gasteiger partial charge on any atom is -0.462 e. The van der Waals surface area contributed by atoms with Crippen LogP contribution >= 0.6 is 11.6 Å². The van der Waals surface area contributed by atoms with E-state index >= 15 is 0 Å². The number of carbonyl (C=O) groups excluding carboxylic acids is 2. The van der Waals surface area contributed by atoms with E-state index in [1.807, 2.05) is 6.92 Å². The monoisotopic (exact) mass is 423 g/mol. The predicted octanol–water partition coefficient (Wildman–Crippen LogP) is 2.15. The molecule has 3 rings (SSSR count). The van der Waals surface area contributed by atoms with Gasteiger partial charge >= 0.3 is 5.97 Å². The Kier molecular flexibility index (Phi) is 6.81. The molecule has 1 amide bonds. The quantitative estimate of drug-likeness (QED) is 0.588. The molecule has 9 nitrogen and oxygen atoms in total. The van der Waals surface area contributed by atoms with Gasteiger partial charge in [-0.05, 0) is 25.8 Å². The minimum atomic E-state index is -0.357. The predicted molar refractivity (Wildman–Crippen MR) is 109 cm³/mol. The number of piperidine rings is 1. The first-order valence-electron chi connectivity index (χ1n) is 9.65. The van der Waals surface area contributed by atoms with E-state index in [1.165, 1.54) is 0 Å². The summed E-state index contributed by atoms with van der Waals surface area (Å²) in [7, 11) is 1.62. The Labute approximate surface area is 174 Å². The summed E-state index contributed by atoms with van der Waals surface area (Å²) >= 11 is 6.03. The lowest BCUT2D eigenvalue weighted by molar-refractivity contribution is 0.0524. The lowest BCUT2D eigenvalue weighted by atomic mass is 10.0. The Hall–Kier alpha value is -2.52. The fourth-order valence-corrected chi connectivity index (χ4v) is 3.67. The highest BCUT2D eigenvalue weighted by Gasteiger charge is 2.32. The van der Waals surface area contributed by atoms with Gasteiger partial charge in [-0.2, -0.15) is 0 Å². The number of nitrogens with zero attached hydrogens (tertiary/aromatic N) is 2. The minimum absolute atomic E-state index is 0.169. The topological polar surface area (TPSA) is 112 Å². The molecule has 3 N–H and O–H groups in total. The second-order valence-corrected chi connectivity index (χ2v) is 7.15. The summed E-state index contributed by atoms with van der Waals surface area (Å²) in [5.41, 5.74) is 1.21. The van der Waals surface area contributed by atoms with Crippen molar-refractivity contribution >= 4 is 29.3 Å². The molecule has 158 valence electrons. The number of nitrogens with one attached hydrogen (secondary N) is 3. The number of hydrogen-bond donors (Lipinski definition) is 3. The highest BCUT2D eigenvalue weighted by Crippen LogP contribution is 2.22. The van der Waals surface area contributed by atoms with Gasteiger partial charge in [0.2, 0.25) is 0 Å². The normalized spacial score (nSPS) is 19.2. The number of ether oxygens (including phenoxy) is 2. The van der Waals surface area contributed by atoms with Crippen molar-refractivity contribution in [2.45, 2.75) is 38.8 Å². The van der Waals surface area contributed by atoms with E-state index < -0.39 is 0 Å². The summed E-state index contributed by atoms with van der Waals surface area (Å²) in [5.74, 6) is 0.346. The standard InChI is InChI=1S/C19H26ClN5O4/c1-4-12-16(20)24-17(22-12)18(26)23-13-6-7-25(10-14(13)28-3)15-8-11(9-21-15)19(27)29-5-2/h8-9,13-14,21H,4-7,10H2,1-3H3,(H,22,24)(H,23,26). The first-order chi connectivity index (χ1) is 14.0. The maximum atomic E-state index is 12.6. The van der Waals surface area contributed by atoms with Crippen LogP contribution in [0.25, 0.3) is 0 Å². The number of rotatable bonds is 7. The number of aryl methyl sites for hydroxylation is 1. The highest BCUT2D eigenvalue weighted by molar-refractivity contribution is 6.30. The molecule has 2 aromatic heterocycles. The smallest absolute Gasteiger partial charge is 0.339 e. The van der Waals surface area contributed by atoms with Crippen LogP contribution in [0.2, 0.25) is 5.15 Å². The van der Waals surface area contributed by atoms with Gasteiger partial charge in [-0.3, -0.25) is 4.79 Å². The molecular weight excluding hydrogens is 398 g/mol. The fraction of sp³-hybridized carbons (Fsp3) is 0.526. The van der Waals surface area contributed by atoms with Gasteiger partial charge in [0, 0.05) is 26.4 Å². The number of esters is 1. The van der Waals surface area contributed by atoms with E-state index in [-0.39, 0.29) is 29.8 Å². The van der Waals surface area contributed by atoms with E-state index in [1.54, 1.807) is 26.3 Å². The van der Waals surface area contributed by atoms with Crippen LogP contribution in [-0.2, 0) is 15.9 Å². The van der Waals surface area contributed by atoms with Crippen molar-refractivity contribution in [3.63, 3.8) is 0 Å². The highest BCUT2D eigenvalue weighted by atomic mass is 35.5. The summed E-state index contributed by atoms with van der Waals surface area (Å²) in [6, 6.07) is 1.60. The molecule has 29 heavy (non-hydrogen) atoms. The van der Waals surface area contributed by atoms with E-state index in [0.717, 1.165) is 11.5 Å². The summed E-state index contributed by atoms with van der Waals surface area (Å²) < 4.78 is 10.6. The number of H-pyrrole nitrogens is 2. The van der Waals surface area contributed by atoms with Crippen molar-refractivity contribution in [1.82, 2.24) is 20.3 Å². The van der Waals surface area contributed by atoms with Crippen LogP contribution in [0.5, 0.6) is 0 Å². The molecule has 1 fully saturated rings. The lowest BCUT2D eigenvalue weighted by Crippen LogP contribution is -2.55. The van der Waals surface area contributed by atoms with Crippen molar-refractivity contribution in [2.75, 3.05) is 31.7 Å². The number of carbonyl (C=O) groups is 2. The molecule has 0 aromatic carbocycles. The zero-order valence-electron chi connectivity index (χ0n) is 16.8. The van der Waals surface area contributed by atoms with Gasteiger partial charge < -0.3 is 29.7 Å². The molecule has 2 atom stereocenters. The Morgan fingerprint density at radius 2 is 2.21 bits per heavy atom. The molecule has 1 aliphatic heterocycles. The molecule has 2 aromatic rings. The van der Waals surface area contributed by atoms with Crippen molar-refractivity contribution in [3.8, 4) is 0 Å². The van der Waals surface area contributed by atoms with Crippen LogP contribution in [0.3, 0.4) is 0 Å². The zero-order chi connectivity index (χ0) is 21.0. The second-order valence-electron chi connectivity index (χ2n) is 6.79. The van der Waals surface area contributed by atoms with Gasteiger partial charge in [-0.15, -0.1) is 0 Å². The average molecular weight is 424 g/mol. The van der Waals surface area contributed by atoms with Crippen LogP contribution in [0.15, 0.2) is 12.3 Å². The number of methoxy groups -OCH3 is 1. The van der Waals surface area contributed by atoms with Gasteiger partial charge in [0.25, 0.3) is 5.91 Å². The largest absolute Gasteiger partial charge is 0.462 e. The van der Waals surface area contributed by atoms with Crippen molar-refractivity contribution < 1.29 is 19.1 Å². The van der Waals surface area contributed by atoms with Gasteiger partial charge in [-0.25, -0.2) is 9.78 Å². The van der Waals surface area contributed by atoms with Crippen molar-refractivity contribution in [2.24, 2.45) is 0 Å². The zero-order valence-corrected chi connectivity index (χ0v) is 17.5. The number of aromatic amines is 2. The SMILES string of the molecule is CCOC(=O)c1c[nH]c(N2CCC(NC(=O)c3nc(Cl)c(CC)[nH]3)C(OC)C2)c1. The molecular formula is C19H26ClN5O4. The summed E-state index contributed by atoms with van der Waals surface area (Å²) in [6.07, 6.45) is 2.75. The fourth-order valence-electron chi connectivity index (χ4n) is 3.40. The number of hydrogen-bond acceptors (Lipinski definition) is 6. The van der Waals surface area contributed by atoms with Crippen LogP contribution in [-0.4, -0.2) is 65.8 Å². The number of amides is 1. The van der Waals surface area contributed by atoms with Crippen LogP contribution in [0, 0.1) is 0 Å². The molecule has 1 aliphatic rings. The first kappa shape index (κ1) is 21.2. The average Bonchev–Trinajstić information content (AvgIpc) is 3.35. The van der Waals surface area contributed by atoms with Gasteiger partial charge in [-0.1, -0.05) is 18.5 Å². The maximum absolute atomic E-state index is 12.6. The van der Waals surface area contributed by atoms with E-state index in [0.29, 0.717) is 43.3 Å². The maximum Gasteiger partial charge on any atom is 0.339 e. The van der Waals surface area contributed by atoms with Crippen LogP contribution in [0.1, 0.15) is 46.9 Å². The first-order valence-corrected chi connectivity index (χ1v) is 10.0. The molecule has 0 bridgehead atoms. The van der Waals surface area contributed by atoms with E-state index in [2.05, 4.69) is 25.2 Å². The summed E-state index contributed by atoms with van der Waals surface area (Å²) in [6.45, 7) is 5.28. The van der Waals surface area contributed by atoms with Crippen molar-refractivity contribution in [1.29, 1.82) is 0 Å². The Morgan fingerprint density at radius 3 is 2.86 bits per heavy atom. The van der Waals surface area contributed by atoms with Crippen molar-refractivity contribution in [3.05, 3.63) is 34.5 Å². The third-order valence-electron chi connectivity index (χ3n) is 4.99. The third-order valence-corrected chi connectivity index (χ3v) is 5.31. The molecule has 0 radical (unpaired) electrons. The number of aromatic nitrogens is 3. The third kappa shape index (κ3) is 4.73. The molecule has 2 unspecified atom stereocenters. The summed E-state index contributed by atoms with van der Waals surface area (Å²) in [5, 5.41) is 3.31. The molecule has 0 spiro atoms. The number of halogens is 1. The van der Waals surface area contributed by atoms with Gasteiger partial charge in [0.05, 0.1) is 30.0 Å². The van der Waals surface area contributed by atoms with E-state index in [9.17, 15) is 9.59 Å². The number of anilines is 1. The molecule has 10 heteroatoms. The molecule has 3 heterocycles. The molecule has 0 saturated carbocycles. The summed E-state index contributed by atoms with van der Waals surface area (Å²) in [4.78, 5) is 36.7. The Morgan fingerprint density at radius 1 is 1.41 bits per heavy atom. The van der Waals surface area contributed by atoms with E-state index in [4.69, 9.17) is 21.1 Å². The van der Waals surface area contributed by atoms with Gasteiger partial charge in [0.15, 0.2) is 11.0 Å². The van der Waals surface area contributed by atoms with Gasteiger partial charge in [0.1, 0.15) is 5.82 Å². The second kappa shape index (κ2) is 9.32. The number of imidazole rings is 1. The Bertz CT molecular complexity index is 865. The van der Waals surface area contributed by atoms with Crippen LogP contribution in [0.4, 0.5) is 5.82 Å².